The number of nitrogens with one attached hydrogen (secondary N) is 1. The number of likely N-dealkylation sites (N-methyl/N-ethyl adjacent to an activating group) is 1. The molecule has 1 unspecified atom stereocenters. The van der Waals surface area contributed by atoms with E-state index in [9.17, 15) is 9.90 Å². The van der Waals surface area contributed by atoms with Gasteiger partial charge in [0.1, 0.15) is 6.04 Å². The van der Waals surface area contributed by atoms with Gasteiger partial charge >= 0.3 is 5.97 Å². The monoisotopic (exact) mass is 223 g/mol. The van der Waals surface area contributed by atoms with E-state index in [0.717, 1.165) is 11.8 Å². The van der Waals surface area contributed by atoms with E-state index in [-0.39, 0.29) is 6.04 Å². The van der Waals surface area contributed by atoms with Gasteiger partial charge < -0.3 is 10.4 Å². The van der Waals surface area contributed by atoms with Crippen LogP contribution in [0.1, 0.15) is 32.1 Å². The van der Waals surface area contributed by atoms with Crippen molar-refractivity contribution >= 4 is 5.97 Å². The molecule has 4 aliphatic rings. The van der Waals surface area contributed by atoms with Crippen molar-refractivity contribution in [3.63, 3.8) is 0 Å². The van der Waals surface area contributed by atoms with Crippen LogP contribution in [0.15, 0.2) is 0 Å². The molecule has 2 N–H and O–H groups in total. The standard InChI is InChI=1S/C13H21NO2/c1-14-12(13(15)16)11-9-3-7-2-8(5-9)6-10(11)4-7/h7-12,14H,2-6H2,1H3,(H,15,16). The van der Waals surface area contributed by atoms with Crippen LogP contribution < -0.4 is 5.32 Å². The first-order valence-corrected chi connectivity index (χ1v) is 6.59. The first-order valence-electron chi connectivity index (χ1n) is 6.59. The van der Waals surface area contributed by atoms with E-state index in [2.05, 4.69) is 5.32 Å². The predicted octanol–water partition coefficient (Wildman–Crippen LogP) is 1.73. The Balaban J connectivity index is 1.83. The quantitative estimate of drug-likeness (QED) is 0.766. The van der Waals surface area contributed by atoms with Crippen molar-refractivity contribution in [2.45, 2.75) is 38.1 Å². The van der Waals surface area contributed by atoms with Crippen LogP contribution in [-0.4, -0.2) is 24.2 Å². The lowest BCUT2D eigenvalue weighted by atomic mass is 9.50. The molecule has 1 atom stereocenters. The van der Waals surface area contributed by atoms with Gasteiger partial charge in [0.2, 0.25) is 0 Å². The van der Waals surface area contributed by atoms with E-state index in [1.165, 1.54) is 32.1 Å². The maximum Gasteiger partial charge on any atom is 0.320 e. The van der Waals surface area contributed by atoms with Gasteiger partial charge in [-0.15, -0.1) is 0 Å². The first kappa shape index (κ1) is 10.6. The second-order valence-corrected chi connectivity index (χ2v) is 6.11. The zero-order chi connectivity index (χ0) is 11.3. The summed E-state index contributed by atoms with van der Waals surface area (Å²) in [5, 5.41) is 12.3. The summed E-state index contributed by atoms with van der Waals surface area (Å²) >= 11 is 0. The zero-order valence-corrected chi connectivity index (χ0v) is 9.86. The minimum absolute atomic E-state index is 0.310. The highest BCUT2D eigenvalue weighted by Crippen LogP contribution is 2.57. The van der Waals surface area contributed by atoms with E-state index < -0.39 is 5.97 Å². The van der Waals surface area contributed by atoms with Gasteiger partial charge in [0, 0.05) is 0 Å². The Morgan fingerprint density at radius 1 is 1.12 bits per heavy atom. The van der Waals surface area contributed by atoms with Crippen LogP contribution in [-0.2, 0) is 4.79 Å². The highest BCUT2D eigenvalue weighted by atomic mass is 16.4. The SMILES string of the molecule is CNC(C(=O)O)C1C2CC3CC(C2)CC1C3. The Labute approximate surface area is 96.6 Å². The van der Waals surface area contributed by atoms with Gasteiger partial charge in [0.05, 0.1) is 0 Å². The molecule has 90 valence electrons. The molecule has 0 saturated heterocycles. The lowest BCUT2D eigenvalue weighted by Gasteiger charge is -2.55. The first-order chi connectivity index (χ1) is 7.69. The average Bonchev–Trinajstić information content (AvgIpc) is 2.21. The topological polar surface area (TPSA) is 49.3 Å². The molecule has 0 aromatic carbocycles. The lowest BCUT2D eigenvalue weighted by Crippen LogP contribution is -2.55. The Morgan fingerprint density at radius 2 is 1.62 bits per heavy atom. The number of rotatable bonds is 3. The van der Waals surface area contributed by atoms with Crippen LogP contribution in [0.2, 0.25) is 0 Å². The van der Waals surface area contributed by atoms with Crippen LogP contribution in [0.25, 0.3) is 0 Å². The molecule has 0 aromatic heterocycles. The fraction of sp³-hybridized carbons (Fsp3) is 0.923. The molecular formula is C13H21NO2. The van der Waals surface area contributed by atoms with E-state index in [1.54, 1.807) is 7.05 Å². The number of aliphatic carboxylic acids is 1. The fourth-order valence-corrected chi connectivity index (χ4v) is 4.99. The highest BCUT2D eigenvalue weighted by Gasteiger charge is 2.51. The van der Waals surface area contributed by atoms with E-state index in [0.29, 0.717) is 17.8 Å². The van der Waals surface area contributed by atoms with Gasteiger partial charge in [0.15, 0.2) is 0 Å². The Bertz CT molecular complexity index is 274. The van der Waals surface area contributed by atoms with E-state index in [4.69, 9.17) is 0 Å². The van der Waals surface area contributed by atoms with Gasteiger partial charge in [-0.05, 0) is 68.7 Å². The maximum absolute atomic E-state index is 11.3. The second kappa shape index (κ2) is 3.73. The van der Waals surface area contributed by atoms with Crippen molar-refractivity contribution in [3.8, 4) is 0 Å². The number of hydrogen-bond acceptors (Lipinski definition) is 2. The molecule has 4 saturated carbocycles. The van der Waals surface area contributed by atoms with E-state index >= 15 is 0 Å². The minimum Gasteiger partial charge on any atom is -0.480 e. The summed E-state index contributed by atoms with van der Waals surface area (Å²) in [6.07, 6.45) is 6.61. The summed E-state index contributed by atoms with van der Waals surface area (Å²) in [6.45, 7) is 0. The molecule has 4 aliphatic carbocycles. The molecule has 3 heteroatoms. The van der Waals surface area contributed by atoms with Gasteiger partial charge in [-0.2, -0.15) is 0 Å². The molecular weight excluding hydrogens is 202 g/mol. The van der Waals surface area contributed by atoms with Gasteiger partial charge in [-0.1, -0.05) is 0 Å². The highest BCUT2D eigenvalue weighted by molar-refractivity contribution is 5.74. The molecule has 0 radical (unpaired) electrons. The summed E-state index contributed by atoms with van der Waals surface area (Å²) in [5.41, 5.74) is 0. The van der Waals surface area contributed by atoms with E-state index in [1.807, 2.05) is 0 Å². The van der Waals surface area contributed by atoms with Crippen LogP contribution in [0.5, 0.6) is 0 Å². The third kappa shape index (κ3) is 1.48. The van der Waals surface area contributed by atoms with Crippen molar-refractivity contribution in [3.05, 3.63) is 0 Å². The van der Waals surface area contributed by atoms with Crippen LogP contribution >= 0.6 is 0 Å². The number of carboxylic acids is 1. The number of carbonyl (C=O) groups is 1. The lowest BCUT2D eigenvalue weighted by molar-refractivity contribution is -0.146. The summed E-state index contributed by atoms with van der Waals surface area (Å²) in [5.74, 6) is 2.96. The smallest absolute Gasteiger partial charge is 0.320 e. The van der Waals surface area contributed by atoms with Gasteiger partial charge in [-0.3, -0.25) is 4.79 Å². The molecule has 3 nitrogen and oxygen atoms in total. The summed E-state index contributed by atoms with van der Waals surface area (Å²) in [6, 6.07) is -0.310. The van der Waals surface area contributed by atoms with Crippen molar-refractivity contribution in [1.29, 1.82) is 0 Å². The molecule has 4 fully saturated rings. The third-order valence-corrected chi connectivity index (χ3v) is 5.26. The van der Waals surface area contributed by atoms with Crippen LogP contribution in [0.4, 0.5) is 0 Å². The van der Waals surface area contributed by atoms with Crippen molar-refractivity contribution in [2.24, 2.45) is 29.6 Å². The molecule has 0 aromatic rings. The van der Waals surface area contributed by atoms with Gasteiger partial charge in [0.25, 0.3) is 0 Å². The Morgan fingerprint density at radius 3 is 2.00 bits per heavy atom. The average molecular weight is 223 g/mol. The largest absolute Gasteiger partial charge is 0.480 e. The predicted molar refractivity (Wildman–Crippen MR) is 61.0 cm³/mol. The zero-order valence-electron chi connectivity index (χ0n) is 9.86. The molecule has 0 spiro atoms. The molecule has 4 bridgehead atoms. The van der Waals surface area contributed by atoms with Crippen molar-refractivity contribution < 1.29 is 9.90 Å². The van der Waals surface area contributed by atoms with Crippen molar-refractivity contribution in [2.75, 3.05) is 7.05 Å². The number of hydrogen-bond donors (Lipinski definition) is 2. The molecule has 0 amide bonds. The van der Waals surface area contributed by atoms with Gasteiger partial charge in [-0.25, -0.2) is 0 Å². The number of carboxylic acid groups (broad SMARTS) is 1. The van der Waals surface area contributed by atoms with Crippen LogP contribution in [0.3, 0.4) is 0 Å². The maximum atomic E-state index is 11.3. The Kier molecular flexibility index (Phi) is 2.46. The molecule has 0 aliphatic heterocycles. The summed E-state index contributed by atoms with van der Waals surface area (Å²) in [7, 11) is 1.80. The Hall–Kier alpha value is -0.570. The summed E-state index contributed by atoms with van der Waals surface area (Å²) in [4.78, 5) is 11.3. The summed E-state index contributed by atoms with van der Waals surface area (Å²) < 4.78 is 0. The molecule has 4 rings (SSSR count). The van der Waals surface area contributed by atoms with Crippen molar-refractivity contribution in [1.82, 2.24) is 5.32 Å². The minimum atomic E-state index is -0.653. The normalized spacial score (nSPS) is 46.9. The second-order valence-electron chi connectivity index (χ2n) is 6.11. The molecule has 0 heterocycles. The molecule has 16 heavy (non-hydrogen) atoms. The van der Waals surface area contributed by atoms with Crippen LogP contribution in [0, 0.1) is 29.6 Å². The third-order valence-electron chi connectivity index (χ3n) is 5.26. The fourth-order valence-electron chi connectivity index (χ4n) is 4.99.